The second kappa shape index (κ2) is 36.7. The number of nitrogens with one attached hydrogen (secondary N) is 3. The summed E-state index contributed by atoms with van der Waals surface area (Å²) < 4.78 is 34.0. The van der Waals surface area contributed by atoms with E-state index in [4.69, 9.17) is 4.74 Å². The lowest BCUT2D eigenvalue weighted by Gasteiger charge is -2.33. The number of carbonyl (C=O) groups is 10. The number of hydrogen-bond donors (Lipinski definition) is 6. The van der Waals surface area contributed by atoms with Crippen LogP contribution in [0.4, 0.5) is 8.78 Å². The predicted molar refractivity (Wildman–Crippen MR) is 343 cm³/mol. The fraction of sp³-hybridized carbons (Fsp3) is 0.600. The van der Waals surface area contributed by atoms with Gasteiger partial charge in [-0.1, -0.05) is 42.7 Å². The van der Waals surface area contributed by atoms with Gasteiger partial charge in [-0.25, -0.2) is 8.78 Å². The predicted octanol–water partition coefficient (Wildman–Crippen LogP) is 2.95. The van der Waals surface area contributed by atoms with Crippen molar-refractivity contribution in [1.29, 1.82) is 5.26 Å². The first-order valence-electron chi connectivity index (χ1n) is 32.3. The van der Waals surface area contributed by atoms with Crippen molar-refractivity contribution in [1.82, 2.24) is 55.2 Å². The van der Waals surface area contributed by atoms with E-state index in [2.05, 4.69) is 45.2 Å². The fourth-order valence-corrected chi connectivity index (χ4v) is 13.5. The van der Waals surface area contributed by atoms with Crippen LogP contribution in [0.2, 0.25) is 0 Å². The number of carboxylic acids is 3. The van der Waals surface area contributed by atoms with Crippen LogP contribution in [0.15, 0.2) is 54.7 Å². The maximum absolute atomic E-state index is 14.1. The van der Waals surface area contributed by atoms with E-state index >= 15 is 0 Å². The first-order valence-corrected chi connectivity index (χ1v) is 33.2. The highest BCUT2D eigenvalue weighted by molar-refractivity contribution is 8.01. The van der Waals surface area contributed by atoms with Gasteiger partial charge in [0.2, 0.25) is 35.4 Å². The van der Waals surface area contributed by atoms with Crippen LogP contribution < -0.4 is 20.7 Å². The number of hydrogen-bond acceptors (Lipinski definition) is 18. The Morgan fingerprint density at radius 3 is 1.98 bits per heavy atom. The summed E-state index contributed by atoms with van der Waals surface area (Å²) in [6, 6.07) is 15.2. The summed E-state index contributed by atoms with van der Waals surface area (Å²) in [6.45, 7) is 2.71. The number of thioether (sulfide) groups is 1. The van der Waals surface area contributed by atoms with Crippen molar-refractivity contribution in [2.75, 3.05) is 131 Å². The molecule has 0 spiro atoms. The van der Waals surface area contributed by atoms with Crippen molar-refractivity contribution in [3.05, 3.63) is 71.4 Å². The fourth-order valence-electron chi connectivity index (χ4n) is 12.1. The number of benzene rings is 2. The lowest BCUT2D eigenvalue weighted by Crippen LogP contribution is -2.50. The van der Waals surface area contributed by atoms with Gasteiger partial charge in [-0.3, -0.25) is 77.4 Å². The number of aromatic nitrogens is 1. The molecule has 4 aliphatic heterocycles. The largest absolute Gasteiger partial charge is 0.494 e. The van der Waals surface area contributed by atoms with Crippen molar-refractivity contribution in [2.24, 2.45) is 5.92 Å². The highest BCUT2D eigenvalue weighted by Gasteiger charge is 2.47. The van der Waals surface area contributed by atoms with Gasteiger partial charge in [0.25, 0.3) is 11.8 Å². The first kappa shape index (κ1) is 73.5. The molecule has 94 heavy (non-hydrogen) atoms. The molecule has 3 atom stereocenters. The number of unbranched alkanes of at least 4 members (excludes halogenated alkanes) is 2. The van der Waals surface area contributed by atoms with Crippen LogP contribution in [0, 0.1) is 24.2 Å². The van der Waals surface area contributed by atoms with Gasteiger partial charge >= 0.3 is 17.9 Å². The molecule has 7 rings (SSSR count). The smallest absolute Gasteiger partial charge is 0.317 e. The van der Waals surface area contributed by atoms with E-state index in [1.807, 2.05) is 11.8 Å². The SMILES string of the molecule is Cc1ccc(CCCC(=O)NCCCCCC(CNC(=O)CN2CCN(CC(=O)O)CCN(CC(=O)O)CCN(CC(=O)O)CC2)SC2CC(=O)N(CC(=O)N3CCC(CCCOc4ccc5nccc(C(=O)NCC(=O)N6CC(F)(F)C[C@@H]6C#N)c5c4)CC3)C2=O)cc1. The minimum atomic E-state index is -3.19. The monoisotopic (exact) mass is 1330 g/mol. The molecule has 0 aliphatic carbocycles. The molecule has 29 heteroatoms. The van der Waals surface area contributed by atoms with Crippen LogP contribution in [-0.2, 0) is 49.6 Å². The van der Waals surface area contributed by atoms with Crippen molar-refractivity contribution < 1.29 is 76.8 Å². The van der Waals surface area contributed by atoms with Crippen LogP contribution in [-0.4, -0.2) is 267 Å². The van der Waals surface area contributed by atoms with Gasteiger partial charge in [0, 0.05) is 115 Å². The molecule has 0 radical (unpaired) electrons. The van der Waals surface area contributed by atoms with Gasteiger partial charge in [0.15, 0.2) is 0 Å². The normalized spacial score (nSPS) is 19.2. The lowest BCUT2D eigenvalue weighted by molar-refractivity contribution is -0.146. The van der Waals surface area contributed by atoms with Gasteiger partial charge in [-0.15, -0.1) is 11.8 Å². The summed E-state index contributed by atoms with van der Waals surface area (Å²) in [6.07, 6.45) is 7.94. The molecule has 3 aromatic rings. The number of nitrogens with zero attached hydrogens (tertiary/aromatic N) is 9. The molecule has 6 N–H and O–H groups in total. The number of imide groups is 1. The molecule has 4 saturated heterocycles. The number of pyridine rings is 1. The Labute approximate surface area is 550 Å². The van der Waals surface area contributed by atoms with Crippen LogP contribution in [0.3, 0.4) is 0 Å². The zero-order chi connectivity index (χ0) is 67.7. The van der Waals surface area contributed by atoms with E-state index in [-0.39, 0.29) is 126 Å². The molecule has 2 aromatic carbocycles. The van der Waals surface area contributed by atoms with E-state index in [1.165, 1.54) is 35.2 Å². The maximum Gasteiger partial charge on any atom is 0.317 e. The zero-order valence-electron chi connectivity index (χ0n) is 53.4. The highest BCUT2D eigenvalue weighted by atomic mass is 32.2. The number of carbonyl (C=O) groups excluding carboxylic acids is 7. The van der Waals surface area contributed by atoms with Crippen LogP contribution in [0.1, 0.15) is 98.5 Å². The molecule has 7 amide bonds. The first-order chi connectivity index (χ1) is 45.0. The third kappa shape index (κ3) is 24.1. The minimum Gasteiger partial charge on any atom is -0.494 e. The Bertz CT molecular complexity index is 3140. The number of fused-ring (bicyclic) bond motifs is 1. The summed E-state index contributed by atoms with van der Waals surface area (Å²) in [7, 11) is 0. The average Bonchev–Trinajstić information content (AvgIpc) is 1.27. The Morgan fingerprint density at radius 1 is 0.734 bits per heavy atom. The number of amides is 7. The topological polar surface area (TPSA) is 336 Å². The van der Waals surface area contributed by atoms with Crippen molar-refractivity contribution in [3.8, 4) is 11.8 Å². The quantitative estimate of drug-likeness (QED) is 0.0386. The van der Waals surface area contributed by atoms with Crippen LogP contribution in [0.25, 0.3) is 10.9 Å². The Hall–Kier alpha value is -7.91. The molecule has 4 fully saturated rings. The summed E-state index contributed by atoms with van der Waals surface area (Å²) in [5.74, 6) is -8.80. The third-order valence-electron chi connectivity index (χ3n) is 17.4. The molecule has 1 aromatic heterocycles. The van der Waals surface area contributed by atoms with Crippen LogP contribution in [0.5, 0.6) is 5.75 Å². The molecule has 4 aliphatic rings. The van der Waals surface area contributed by atoms with Gasteiger partial charge in [-0.2, -0.15) is 5.26 Å². The summed E-state index contributed by atoms with van der Waals surface area (Å²) in [5.41, 5.74) is 3.02. The number of carboxylic acid groups (broad SMARTS) is 3. The van der Waals surface area contributed by atoms with E-state index < -0.39 is 84.8 Å². The number of rotatable bonds is 32. The van der Waals surface area contributed by atoms with Crippen molar-refractivity contribution in [3.63, 3.8) is 0 Å². The van der Waals surface area contributed by atoms with Gasteiger partial charge in [0.1, 0.15) is 18.3 Å². The standard InChI is InChI=1S/C65H88F2N12O14S/c1-45-11-13-46(14-12-45)7-5-10-55(80)70-20-4-2-3-9-50(37-71-56(81)39-73-24-26-74(41-60(85)86)28-30-76(43-62(89)90)31-29-75(27-25-73)42-61(87)88)94-54-34-57(82)78(64(54)92)40-59(84)77-22-18-47(19-23-77)8-6-32-93-49-15-16-53-52(33-49)51(17-21-69-53)63(91)72-38-58(83)79-44-65(66,67)35-48(79)36-68/h11-17,21,33,47-48,50,54H,2-10,18-20,22-32,34-35,37-44H2,1H3,(H,70,80)(H,71,81)(H,72,91)(H,85,86)(H,87,88)(H,89,90)/t48-,50?,54?/m1/s1. The number of ether oxygens (including phenoxy) is 1. The number of aliphatic carboxylic acids is 3. The molecular weight excluding hydrogens is 1240 g/mol. The molecule has 26 nitrogen and oxygen atoms in total. The number of halogens is 2. The second-order valence-electron chi connectivity index (χ2n) is 24.7. The number of aryl methyl sites for hydroxylation is 2. The Balaban J connectivity index is 0.881. The average molecular weight is 1330 g/mol. The summed E-state index contributed by atoms with van der Waals surface area (Å²) in [5, 5.41) is 46.0. The van der Waals surface area contributed by atoms with Gasteiger partial charge < -0.3 is 45.8 Å². The van der Waals surface area contributed by atoms with Crippen molar-refractivity contribution >= 4 is 81.9 Å². The van der Waals surface area contributed by atoms with E-state index in [9.17, 15) is 77.3 Å². The molecule has 512 valence electrons. The third-order valence-corrected chi connectivity index (χ3v) is 18.8. The summed E-state index contributed by atoms with van der Waals surface area (Å²) >= 11 is 1.28. The van der Waals surface area contributed by atoms with Crippen molar-refractivity contribution in [2.45, 2.75) is 113 Å². The minimum absolute atomic E-state index is 0.0300. The molecular formula is C65H88F2N12O14S. The van der Waals surface area contributed by atoms with Gasteiger partial charge in [-0.05, 0) is 94.0 Å². The highest BCUT2D eigenvalue weighted by Crippen LogP contribution is 2.33. The molecule has 5 heterocycles. The lowest BCUT2D eigenvalue weighted by atomic mass is 9.92. The molecule has 0 saturated carbocycles. The number of likely N-dealkylation sites (tertiary alicyclic amines) is 3. The molecule has 2 unspecified atom stereocenters. The number of nitriles is 1. The van der Waals surface area contributed by atoms with Gasteiger partial charge in [0.05, 0.1) is 68.3 Å². The number of piperidine rings is 1. The Morgan fingerprint density at radius 2 is 1.36 bits per heavy atom. The van der Waals surface area contributed by atoms with E-state index in [1.54, 1.807) is 43.9 Å². The second-order valence-corrected chi connectivity index (χ2v) is 26.2. The number of alkyl halides is 2. The maximum atomic E-state index is 14.1. The zero-order valence-corrected chi connectivity index (χ0v) is 54.2. The Kier molecular flexibility index (Phi) is 28.7. The van der Waals surface area contributed by atoms with E-state index in [0.717, 1.165) is 35.5 Å². The molecule has 0 bridgehead atoms. The summed E-state index contributed by atoms with van der Waals surface area (Å²) in [4.78, 5) is 144. The van der Waals surface area contributed by atoms with E-state index in [0.29, 0.717) is 87.8 Å². The van der Waals surface area contributed by atoms with Crippen LogP contribution >= 0.6 is 11.8 Å².